The zero-order chi connectivity index (χ0) is 10.7. The SMILES string of the molecule is COCC(NCc1csc(C)n1)C1CC1. The fraction of sp³-hybridized carbons (Fsp3) is 0.727. The van der Waals surface area contributed by atoms with Crippen LogP contribution in [-0.2, 0) is 11.3 Å². The molecule has 0 spiro atoms. The lowest BCUT2D eigenvalue weighted by Crippen LogP contribution is -2.34. The smallest absolute Gasteiger partial charge is 0.0897 e. The Labute approximate surface area is 94.9 Å². The highest BCUT2D eigenvalue weighted by molar-refractivity contribution is 7.09. The van der Waals surface area contributed by atoms with Crippen molar-refractivity contribution in [1.82, 2.24) is 10.3 Å². The van der Waals surface area contributed by atoms with E-state index in [0.717, 1.165) is 29.8 Å². The zero-order valence-corrected chi connectivity index (χ0v) is 10.1. The predicted molar refractivity (Wildman–Crippen MR) is 62.1 cm³/mol. The number of aromatic nitrogens is 1. The minimum atomic E-state index is 0.511. The quantitative estimate of drug-likeness (QED) is 0.805. The second-order valence-electron chi connectivity index (χ2n) is 4.14. The van der Waals surface area contributed by atoms with Crippen LogP contribution in [0.15, 0.2) is 5.38 Å². The molecule has 0 bridgehead atoms. The third-order valence-corrected chi connectivity index (χ3v) is 3.57. The predicted octanol–water partition coefficient (Wildman–Crippen LogP) is 1.97. The van der Waals surface area contributed by atoms with E-state index in [1.54, 1.807) is 18.4 Å². The summed E-state index contributed by atoms with van der Waals surface area (Å²) < 4.78 is 5.22. The van der Waals surface area contributed by atoms with Crippen LogP contribution in [0.4, 0.5) is 0 Å². The summed E-state index contributed by atoms with van der Waals surface area (Å²) in [4.78, 5) is 4.44. The summed E-state index contributed by atoms with van der Waals surface area (Å²) in [7, 11) is 1.77. The maximum Gasteiger partial charge on any atom is 0.0897 e. The highest BCUT2D eigenvalue weighted by Crippen LogP contribution is 2.32. The van der Waals surface area contributed by atoms with Gasteiger partial charge >= 0.3 is 0 Å². The fourth-order valence-electron chi connectivity index (χ4n) is 1.76. The summed E-state index contributed by atoms with van der Waals surface area (Å²) in [6, 6.07) is 0.511. The molecule has 0 amide bonds. The Morgan fingerprint density at radius 2 is 2.47 bits per heavy atom. The van der Waals surface area contributed by atoms with E-state index in [9.17, 15) is 0 Å². The van der Waals surface area contributed by atoms with Crippen molar-refractivity contribution in [3.8, 4) is 0 Å². The van der Waals surface area contributed by atoms with Crippen molar-refractivity contribution in [3.05, 3.63) is 16.1 Å². The number of hydrogen-bond donors (Lipinski definition) is 1. The number of aryl methyl sites for hydroxylation is 1. The molecule has 1 aromatic heterocycles. The number of nitrogens with zero attached hydrogens (tertiary/aromatic N) is 1. The van der Waals surface area contributed by atoms with Crippen LogP contribution in [0, 0.1) is 12.8 Å². The van der Waals surface area contributed by atoms with Crippen molar-refractivity contribution in [2.75, 3.05) is 13.7 Å². The van der Waals surface area contributed by atoms with Crippen molar-refractivity contribution in [2.24, 2.45) is 5.92 Å². The first-order valence-electron chi connectivity index (χ1n) is 5.43. The number of thiazole rings is 1. The third kappa shape index (κ3) is 3.26. The number of ether oxygens (including phenoxy) is 1. The Hall–Kier alpha value is -0.450. The van der Waals surface area contributed by atoms with Crippen LogP contribution in [0.25, 0.3) is 0 Å². The van der Waals surface area contributed by atoms with E-state index in [1.807, 2.05) is 6.92 Å². The molecule has 1 unspecified atom stereocenters. The third-order valence-electron chi connectivity index (χ3n) is 2.75. The Morgan fingerprint density at radius 1 is 1.67 bits per heavy atom. The van der Waals surface area contributed by atoms with E-state index in [4.69, 9.17) is 4.74 Å². The molecule has 0 aliphatic heterocycles. The highest BCUT2D eigenvalue weighted by Gasteiger charge is 2.30. The van der Waals surface area contributed by atoms with Gasteiger partial charge in [-0.15, -0.1) is 11.3 Å². The van der Waals surface area contributed by atoms with E-state index < -0.39 is 0 Å². The summed E-state index contributed by atoms with van der Waals surface area (Å²) in [6.07, 6.45) is 2.69. The van der Waals surface area contributed by atoms with Gasteiger partial charge in [0.15, 0.2) is 0 Å². The van der Waals surface area contributed by atoms with Crippen LogP contribution in [0.3, 0.4) is 0 Å². The van der Waals surface area contributed by atoms with Crippen molar-refractivity contribution in [1.29, 1.82) is 0 Å². The fourth-order valence-corrected chi connectivity index (χ4v) is 2.38. The summed E-state index contributed by atoms with van der Waals surface area (Å²) >= 11 is 1.71. The summed E-state index contributed by atoms with van der Waals surface area (Å²) in [5.41, 5.74) is 1.15. The molecule has 3 nitrogen and oxygen atoms in total. The number of nitrogens with one attached hydrogen (secondary N) is 1. The van der Waals surface area contributed by atoms with Crippen LogP contribution in [0.2, 0.25) is 0 Å². The molecule has 0 saturated heterocycles. The summed E-state index contributed by atoms with van der Waals surface area (Å²) in [5.74, 6) is 0.824. The molecule has 1 fully saturated rings. The topological polar surface area (TPSA) is 34.1 Å². The number of hydrogen-bond acceptors (Lipinski definition) is 4. The van der Waals surface area contributed by atoms with Gasteiger partial charge in [0.1, 0.15) is 0 Å². The van der Waals surface area contributed by atoms with Gasteiger partial charge in [-0.2, -0.15) is 0 Å². The molecule has 1 atom stereocenters. The van der Waals surface area contributed by atoms with Crippen molar-refractivity contribution in [2.45, 2.75) is 32.4 Å². The first kappa shape index (κ1) is 11.0. The summed E-state index contributed by atoms with van der Waals surface area (Å²) in [6.45, 7) is 3.73. The van der Waals surface area contributed by atoms with E-state index in [2.05, 4.69) is 15.7 Å². The van der Waals surface area contributed by atoms with Crippen LogP contribution in [0.1, 0.15) is 23.5 Å². The average molecular weight is 226 g/mol. The minimum Gasteiger partial charge on any atom is -0.383 e. The monoisotopic (exact) mass is 226 g/mol. The van der Waals surface area contributed by atoms with Gasteiger partial charge in [-0.3, -0.25) is 0 Å². The molecule has 4 heteroatoms. The average Bonchev–Trinajstić information content (AvgIpc) is 2.97. The molecule has 1 saturated carbocycles. The normalized spacial score (nSPS) is 18.0. The second-order valence-corrected chi connectivity index (χ2v) is 5.20. The second kappa shape index (κ2) is 5.05. The van der Waals surface area contributed by atoms with Gasteiger partial charge in [-0.05, 0) is 25.7 Å². The Kier molecular flexibility index (Phi) is 3.72. The molecule has 84 valence electrons. The molecule has 2 rings (SSSR count). The van der Waals surface area contributed by atoms with E-state index >= 15 is 0 Å². The van der Waals surface area contributed by atoms with E-state index in [1.165, 1.54) is 12.8 Å². The van der Waals surface area contributed by atoms with Crippen LogP contribution in [0.5, 0.6) is 0 Å². The van der Waals surface area contributed by atoms with Gasteiger partial charge in [0, 0.05) is 25.1 Å². The maximum absolute atomic E-state index is 5.22. The van der Waals surface area contributed by atoms with Crippen molar-refractivity contribution in [3.63, 3.8) is 0 Å². The first-order chi connectivity index (χ1) is 7.29. The molecular formula is C11H18N2OS. The number of methoxy groups -OCH3 is 1. The van der Waals surface area contributed by atoms with Gasteiger partial charge in [-0.25, -0.2) is 4.98 Å². The molecule has 1 N–H and O–H groups in total. The van der Waals surface area contributed by atoms with Gasteiger partial charge in [0.2, 0.25) is 0 Å². The standard InChI is InChI=1S/C11H18N2OS/c1-8-13-10(7-15-8)5-12-11(6-14-2)9-3-4-9/h7,9,11-12H,3-6H2,1-2H3. The van der Waals surface area contributed by atoms with Gasteiger partial charge in [0.05, 0.1) is 17.3 Å². The lowest BCUT2D eigenvalue weighted by molar-refractivity contribution is 0.157. The molecule has 0 radical (unpaired) electrons. The van der Waals surface area contributed by atoms with Crippen molar-refractivity contribution >= 4 is 11.3 Å². The summed E-state index contributed by atoms with van der Waals surface area (Å²) in [5, 5.41) is 6.80. The molecule has 1 aliphatic rings. The van der Waals surface area contributed by atoms with Crippen molar-refractivity contribution < 1.29 is 4.74 Å². The first-order valence-corrected chi connectivity index (χ1v) is 6.31. The molecule has 1 aromatic rings. The van der Waals surface area contributed by atoms with Gasteiger partial charge in [-0.1, -0.05) is 0 Å². The van der Waals surface area contributed by atoms with Crippen LogP contribution >= 0.6 is 11.3 Å². The molecule has 1 heterocycles. The largest absolute Gasteiger partial charge is 0.383 e. The molecule has 15 heavy (non-hydrogen) atoms. The Balaban J connectivity index is 1.79. The maximum atomic E-state index is 5.22. The highest BCUT2D eigenvalue weighted by atomic mass is 32.1. The van der Waals surface area contributed by atoms with Gasteiger partial charge in [0.25, 0.3) is 0 Å². The van der Waals surface area contributed by atoms with E-state index in [0.29, 0.717) is 6.04 Å². The molecule has 0 aromatic carbocycles. The lowest BCUT2D eigenvalue weighted by atomic mass is 10.2. The molecular weight excluding hydrogens is 208 g/mol. The molecule has 1 aliphatic carbocycles. The van der Waals surface area contributed by atoms with E-state index in [-0.39, 0.29) is 0 Å². The zero-order valence-electron chi connectivity index (χ0n) is 9.32. The van der Waals surface area contributed by atoms with Crippen LogP contribution in [-0.4, -0.2) is 24.7 Å². The minimum absolute atomic E-state index is 0.511. The lowest BCUT2D eigenvalue weighted by Gasteiger charge is -2.16. The Morgan fingerprint density at radius 3 is 3.00 bits per heavy atom. The Bertz CT molecular complexity index is 309. The van der Waals surface area contributed by atoms with Crippen LogP contribution < -0.4 is 5.32 Å². The van der Waals surface area contributed by atoms with Gasteiger partial charge < -0.3 is 10.1 Å². The number of rotatable bonds is 6.